The summed E-state index contributed by atoms with van der Waals surface area (Å²) >= 11 is 1.63. The molecule has 1 aromatic carbocycles. The monoisotopic (exact) mass is 329 g/mol. The number of fused-ring (bicyclic) bond motifs is 1. The van der Waals surface area contributed by atoms with Crippen LogP contribution in [-0.2, 0) is 5.72 Å². The summed E-state index contributed by atoms with van der Waals surface area (Å²) in [5, 5.41) is 11.8. The van der Waals surface area contributed by atoms with E-state index in [1.807, 2.05) is 42.3 Å². The highest BCUT2D eigenvalue weighted by Crippen LogP contribution is 2.39. The molecule has 6 heteroatoms. The molecule has 0 saturated carbocycles. The summed E-state index contributed by atoms with van der Waals surface area (Å²) in [6.45, 7) is 1.43. The van der Waals surface area contributed by atoms with Crippen LogP contribution in [0.15, 0.2) is 35.3 Å². The molecule has 1 fully saturated rings. The van der Waals surface area contributed by atoms with Gasteiger partial charge in [-0.1, -0.05) is 42.1 Å². The number of thioether (sulfide) groups is 1. The van der Waals surface area contributed by atoms with E-state index in [1.165, 1.54) is 0 Å². The van der Waals surface area contributed by atoms with Crippen LogP contribution in [0.4, 0.5) is 0 Å². The Balaban J connectivity index is 0.00000120. The smallest absolute Gasteiger partial charge is 0.176 e. The summed E-state index contributed by atoms with van der Waals surface area (Å²) in [7, 11) is 2.01. The van der Waals surface area contributed by atoms with E-state index in [4.69, 9.17) is 0 Å². The van der Waals surface area contributed by atoms with Crippen molar-refractivity contribution in [3.8, 4) is 0 Å². The van der Waals surface area contributed by atoms with Crippen molar-refractivity contribution in [1.29, 1.82) is 0 Å². The lowest BCUT2D eigenvalue weighted by Crippen LogP contribution is -2.51. The van der Waals surface area contributed by atoms with E-state index in [1.54, 1.807) is 11.8 Å². The zero-order valence-electron chi connectivity index (χ0n) is 10.1. The lowest BCUT2D eigenvalue weighted by Gasteiger charge is -2.39. The van der Waals surface area contributed by atoms with Gasteiger partial charge in [0.2, 0.25) is 0 Å². The second-order valence-corrected chi connectivity index (χ2v) is 5.42. The maximum atomic E-state index is 10.9. The Morgan fingerprint density at radius 3 is 2.78 bits per heavy atom. The average Bonchev–Trinajstić information content (AvgIpc) is 2.70. The molecule has 2 heterocycles. The molecule has 0 amide bonds. The Morgan fingerprint density at radius 2 is 2.06 bits per heavy atom. The lowest BCUT2D eigenvalue weighted by atomic mass is 10.0. The van der Waals surface area contributed by atoms with Crippen molar-refractivity contribution in [2.45, 2.75) is 5.72 Å². The Bertz CT molecular complexity index is 456. The van der Waals surface area contributed by atoms with Crippen LogP contribution in [0, 0.1) is 0 Å². The van der Waals surface area contributed by atoms with Gasteiger partial charge in [-0.25, -0.2) is 4.99 Å². The fraction of sp³-hybridized carbons (Fsp3) is 0.417. The largest absolute Gasteiger partial charge is 0.366 e. The normalized spacial score (nSPS) is 27.4. The van der Waals surface area contributed by atoms with Crippen LogP contribution in [0.25, 0.3) is 0 Å². The standard InChI is InChI=1S/C12H15N3OS.BrH/c1-14-8-13-11-15(9-14)12(16,7-17-11)10-5-3-2-4-6-10;/h2-6,16H,7-9H2,1H3;1H. The molecule has 18 heavy (non-hydrogen) atoms. The van der Waals surface area contributed by atoms with E-state index < -0.39 is 5.72 Å². The van der Waals surface area contributed by atoms with Gasteiger partial charge in [-0.15, -0.1) is 17.0 Å². The molecule has 0 spiro atoms. The van der Waals surface area contributed by atoms with E-state index >= 15 is 0 Å². The van der Waals surface area contributed by atoms with Crippen LogP contribution in [-0.4, -0.2) is 46.2 Å². The first-order valence-electron chi connectivity index (χ1n) is 5.61. The van der Waals surface area contributed by atoms with Gasteiger partial charge in [0.1, 0.15) is 0 Å². The van der Waals surface area contributed by atoms with Gasteiger partial charge in [0.15, 0.2) is 10.9 Å². The maximum absolute atomic E-state index is 10.9. The molecule has 98 valence electrons. The van der Waals surface area contributed by atoms with Crippen LogP contribution >= 0.6 is 28.7 Å². The minimum atomic E-state index is -0.917. The number of hydrogen-bond donors (Lipinski definition) is 1. The Morgan fingerprint density at radius 1 is 1.33 bits per heavy atom. The van der Waals surface area contributed by atoms with Gasteiger partial charge in [0.05, 0.1) is 19.1 Å². The topological polar surface area (TPSA) is 39.1 Å². The van der Waals surface area contributed by atoms with E-state index in [0.29, 0.717) is 12.4 Å². The van der Waals surface area contributed by atoms with Crippen LogP contribution in [0.1, 0.15) is 5.56 Å². The van der Waals surface area contributed by atoms with Gasteiger partial charge < -0.3 is 10.0 Å². The van der Waals surface area contributed by atoms with Crippen molar-refractivity contribution in [2.24, 2.45) is 4.99 Å². The van der Waals surface area contributed by atoms with Crippen molar-refractivity contribution >= 4 is 33.9 Å². The van der Waals surface area contributed by atoms with Crippen LogP contribution in [0.2, 0.25) is 0 Å². The van der Waals surface area contributed by atoms with Gasteiger partial charge in [0, 0.05) is 5.56 Å². The molecule has 2 aliphatic rings. The molecule has 0 aromatic heterocycles. The second-order valence-electron chi connectivity index (χ2n) is 4.48. The number of hydrogen-bond acceptors (Lipinski definition) is 5. The first-order chi connectivity index (χ1) is 8.20. The summed E-state index contributed by atoms with van der Waals surface area (Å²) in [6.07, 6.45) is 0. The van der Waals surface area contributed by atoms with E-state index in [-0.39, 0.29) is 17.0 Å². The molecule has 0 radical (unpaired) electrons. The predicted molar refractivity (Wildman–Crippen MR) is 79.9 cm³/mol. The quantitative estimate of drug-likeness (QED) is 0.850. The first-order valence-corrected chi connectivity index (χ1v) is 6.60. The second kappa shape index (κ2) is 5.21. The molecule has 2 aliphatic heterocycles. The van der Waals surface area contributed by atoms with Crippen LogP contribution in [0.5, 0.6) is 0 Å². The zero-order valence-corrected chi connectivity index (χ0v) is 12.6. The third-order valence-corrected chi connectivity index (χ3v) is 4.30. The van der Waals surface area contributed by atoms with Gasteiger partial charge >= 0.3 is 0 Å². The molecule has 1 atom stereocenters. The first kappa shape index (κ1) is 13.9. The minimum absolute atomic E-state index is 0. The fourth-order valence-corrected chi connectivity index (χ4v) is 3.37. The highest BCUT2D eigenvalue weighted by atomic mass is 79.9. The SMILES string of the molecule is Br.CN1CN=C2SCC(O)(c3ccccc3)N2C1. The molecule has 0 aliphatic carbocycles. The number of aliphatic imine (C=N–C) groups is 1. The van der Waals surface area contributed by atoms with E-state index in [2.05, 4.69) is 9.89 Å². The summed E-state index contributed by atoms with van der Waals surface area (Å²) in [4.78, 5) is 8.53. The molecule has 1 unspecified atom stereocenters. The predicted octanol–water partition coefficient (Wildman–Crippen LogP) is 1.67. The van der Waals surface area contributed by atoms with Crippen molar-refractivity contribution in [3.63, 3.8) is 0 Å². The lowest BCUT2D eigenvalue weighted by molar-refractivity contribution is -0.0701. The molecule has 4 nitrogen and oxygen atoms in total. The fourth-order valence-electron chi connectivity index (χ4n) is 2.20. The maximum Gasteiger partial charge on any atom is 0.176 e. The molecular formula is C12H16BrN3OS. The van der Waals surface area contributed by atoms with E-state index in [9.17, 15) is 5.11 Å². The number of halogens is 1. The summed E-state index contributed by atoms with van der Waals surface area (Å²) in [6, 6.07) is 9.82. The van der Waals surface area contributed by atoms with Crippen LogP contribution < -0.4 is 0 Å². The summed E-state index contributed by atoms with van der Waals surface area (Å²) in [5.74, 6) is 0.643. The number of rotatable bonds is 1. The molecule has 1 aromatic rings. The van der Waals surface area contributed by atoms with Gasteiger partial charge in [0.25, 0.3) is 0 Å². The van der Waals surface area contributed by atoms with Crippen molar-refractivity contribution in [2.75, 3.05) is 26.1 Å². The third-order valence-electron chi connectivity index (χ3n) is 3.15. The van der Waals surface area contributed by atoms with Gasteiger partial charge in [-0.05, 0) is 7.05 Å². The molecular weight excluding hydrogens is 314 g/mol. The van der Waals surface area contributed by atoms with Crippen molar-refractivity contribution < 1.29 is 5.11 Å². The minimum Gasteiger partial charge on any atom is -0.366 e. The summed E-state index contributed by atoms with van der Waals surface area (Å²) < 4.78 is 0. The Labute approximate surface area is 121 Å². The number of benzene rings is 1. The summed E-state index contributed by atoms with van der Waals surface area (Å²) in [5.41, 5.74) is 0.0207. The molecule has 3 rings (SSSR count). The highest BCUT2D eigenvalue weighted by Gasteiger charge is 2.46. The highest BCUT2D eigenvalue weighted by molar-refractivity contribution is 8.93. The number of nitrogens with zero attached hydrogens (tertiary/aromatic N) is 3. The average molecular weight is 330 g/mol. The number of aliphatic hydroxyl groups is 1. The molecule has 1 N–H and O–H groups in total. The zero-order chi connectivity index (χ0) is 11.9. The van der Waals surface area contributed by atoms with E-state index in [0.717, 1.165) is 17.4 Å². The van der Waals surface area contributed by atoms with Crippen LogP contribution in [0.3, 0.4) is 0 Å². The Kier molecular flexibility index (Phi) is 4.01. The third kappa shape index (κ3) is 2.18. The molecule has 1 saturated heterocycles. The van der Waals surface area contributed by atoms with Gasteiger partial charge in [-0.2, -0.15) is 0 Å². The van der Waals surface area contributed by atoms with Gasteiger partial charge in [-0.3, -0.25) is 4.90 Å². The Hall–Kier alpha value is -0.560. The van der Waals surface area contributed by atoms with Crippen molar-refractivity contribution in [3.05, 3.63) is 35.9 Å². The van der Waals surface area contributed by atoms with Crippen molar-refractivity contribution in [1.82, 2.24) is 9.80 Å². The molecule has 0 bridgehead atoms. The number of amidine groups is 1.